The smallest absolute Gasteiger partial charge is 0.337 e. The molecule has 1 heterocycles. The fourth-order valence-electron chi connectivity index (χ4n) is 1.37. The van der Waals surface area contributed by atoms with E-state index in [1.807, 2.05) is 0 Å². The summed E-state index contributed by atoms with van der Waals surface area (Å²) in [4.78, 5) is 14.7. The van der Waals surface area contributed by atoms with Crippen LogP contribution in [-0.2, 0) is 0 Å². The van der Waals surface area contributed by atoms with Crippen LogP contribution in [0.3, 0.4) is 0 Å². The maximum Gasteiger partial charge on any atom is 0.337 e. The lowest BCUT2D eigenvalue weighted by Gasteiger charge is -2.11. The number of halogens is 1. The van der Waals surface area contributed by atoms with Crippen LogP contribution in [0.2, 0.25) is 5.02 Å². The Labute approximate surface area is 98.6 Å². The van der Waals surface area contributed by atoms with Gasteiger partial charge in [-0.15, -0.1) is 0 Å². The number of aromatic nitrogens is 1. The number of hydrogen-bond acceptors (Lipinski definition) is 3. The van der Waals surface area contributed by atoms with Crippen molar-refractivity contribution in [1.29, 1.82) is 0 Å². The van der Waals surface area contributed by atoms with Crippen molar-refractivity contribution in [2.75, 3.05) is 11.9 Å². The number of rotatable bonds is 4. The highest BCUT2D eigenvalue weighted by molar-refractivity contribution is 6.33. The van der Waals surface area contributed by atoms with Gasteiger partial charge in [0.2, 0.25) is 0 Å². The Morgan fingerprint density at radius 3 is 2.88 bits per heavy atom. The Hall–Kier alpha value is -1.29. The summed E-state index contributed by atoms with van der Waals surface area (Å²) in [6, 6.07) is 1.41. The number of carbonyl (C=O) groups is 1. The van der Waals surface area contributed by atoms with Crippen molar-refractivity contribution in [1.82, 2.24) is 4.98 Å². The van der Waals surface area contributed by atoms with E-state index < -0.39 is 5.97 Å². The molecule has 2 rings (SSSR count). The van der Waals surface area contributed by atoms with Gasteiger partial charge >= 0.3 is 5.97 Å². The van der Waals surface area contributed by atoms with Gasteiger partial charge in [0.1, 0.15) is 5.82 Å². The Morgan fingerprint density at radius 2 is 2.38 bits per heavy atom. The van der Waals surface area contributed by atoms with Gasteiger partial charge in [-0.2, -0.15) is 0 Å². The van der Waals surface area contributed by atoms with E-state index in [0.717, 1.165) is 6.54 Å². The van der Waals surface area contributed by atoms with Crippen LogP contribution in [-0.4, -0.2) is 22.6 Å². The highest BCUT2D eigenvalue weighted by Gasteiger charge is 2.36. The van der Waals surface area contributed by atoms with E-state index in [9.17, 15) is 4.79 Å². The Kier molecular flexibility index (Phi) is 2.76. The van der Waals surface area contributed by atoms with Crippen molar-refractivity contribution in [3.63, 3.8) is 0 Å². The zero-order valence-corrected chi connectivity index (χ0v) is 9.71. The molecule has 2 N–H and O–H groups in total. The van der Waals surface area contributed by atoms with Gasteiger partial charge in [-0.3, -0.25) is 0 Å². The average Bonchev–Trinajstić information content (AvgIpc) is 2.95. The maximum absolute atomic E-state index is 10.7. The number of carboxylic acids is 1. The first kappa shape index (κ1) is 11.2. The lowest BCUT2D eigenvalue weighted by atomic mass is 10.1. The monoisotopic (exact) mass is 240 g/mol. The summed E-state index contributed by atoms with van der Waals surface area (Å²) >= 11 is 5.93. The van der Waals surface area contributed by atoms with Crippen molar-refractivity contribution < 1.29 is 9.90 Å². The minimum absolute atomic E-state index is 0.105. The number of nitrogens with one attached hydrogen (secondary N) is 1. The number of pyridine rings is 1. The van der Waals surface area contributed by atoms with Gasteiger partial charge < -0.3 is 10.4 Å². The number of hydrogen-bond donors (Lipinski definition) is 2. The Bertz CT molecular complexity index is 430. The molecule has 1 aliphatic carbocycles. The fourth-order valence-corrected chi connectivity index (χ4v) is 1.61. The maximum atomic E-state index is 10.7. The summed E-state index contributed by atoms with van der Waals surface area (Å²) in [5, 5.41) is 12.2. The van der Waals surface area contributed by atoms with E-state index in [0.29, 0.717) is 16.3 Å². The molecule has 0 aliphatic heterocycles. The molecular weight excluding hydrogens is 228 g/mol. The van der Waals surface area contributed by atoms with Crippen molar-refractivity contribution in [3.8, 4) is 0 Å². The quantitative estimate of drug-likeness (QED) is 0.849. The normalized spacial score (nSPS) is 16.9. The molecule has 1 fully saturated rings. The van der Waals surface area contributed by atoms with Gasteiger partial charge in [0.15, 0.2) is 0 Å². The standard InChI is InChI=1S/C11H13ClN2O2/c1-11(2-3-11)6-14-9-8(12)4-7(5-13-9)10(15)16/h4-5H,2-3,6H2,1H3,(H,13,14)(H,15,16). The molecule has 0 aromatic carbocycles. The first-order valence-electron chi connectivity index (χ1n) is 5.13. The van der Waals surface area contributed by atoms with E-state index in [-0.39, 0.29) is 5.56 Å². The minimum Gasteiger partial charge on any atom is -0.478 e. The van der Waals surface area contributed by atoms with E-state index >= 15 is 0 Å². The first-order chi connectivity index (χ1) is 7.50. The van der Waals surface area contributed by atoms with Crippen LogP contribution in [0.1, 0.15) is 30.1 Å². The van der Waals surface area contributed by atoms with Gasteiger partial charge in [-0.1, -0.05) is 18.5 Å². The first-order valence-corrected chi connectivity index (χ1v) is 5.51. The van der Waals surface area contributed by atoms with Crippen LogP contribution in [0.4, 0.5) is 5.82 Å². The SMILES string of the molecule is CC1(CNc2ncc(C(=O)O)cc2Cl)CC1. The predicted octanol–water partition coefficient (Wildman–Crippen LogP) is 2.65. The van der Waals surface area contributed by atoms with E-state index in [1.54, 1.807) is 0 Å². The van der Waals surface area contributed by atoms with Gasteiger partial charge in [0.25, 0.3) is 0 Å². The molecule has 1 aliphatic rings. The van der Waals surface area contributed by atoms with Gasteiger partial charge in [0, 0.05) is 12.7 Å². The highest BCUT2D eigenvalue weighted by atomic mass is 35.5. The van der Waals surface area contributed by atoms with Crippen molar-refractivity contribution >= 4 is 23.4 Å². The van der Waals surface area contributed by atoms with Crippen LogP contribution in [0.25, 0.3) is 0 Å². The fraction of sp³-hybridized carbons (Fsp3) is 0.455. The summed E-state index contributed by atoms with van der Waals surface area (Å²) in [5.41, 5.74) is 0.462. The van der Waals surface area contributed by atoms with E-state index in [2.05, 4.69) is 17.2 Å². The zero-order chi connectivity index (χ0) is 11.8. The molecule has 0 amide bonds. The summed E-state index contributed by atoms with van der Waals surface area (Å²) in [6.07, 6.45) is 3.74. The second-order valence-electron chi connectivity index (χ2n) is 4.52. The largest absolute Gasteiger partial charge is 0.478 e. The average molecular weight is 241 g/mol. The molecule has 0 atom stereocenters. The molecule has 0 unspecified atom stereocenters. The summed E-state index contributed by atoms with van der Waals surface area (Å²) in [5.74, 6) is -0.463. The van der Waals surface area contributed by atoms with Crippen LogP contribution in [0.5, 0.6) is 0 Å². The molecule has 0 spiro atoms. The van der Waals surface area contributed by atoms with Crippen LogP contribution in [0.15, 0.2) is 12.3 Å². The van der Waals surface area contributed by atoms with Gasteiger partial charge in [0.05, 0.1) is 10.6 Å². The Balaban J connectivity index is 2.07. The molecule has 0 radical (unpaired) electrons. The van der Waals surface area contributed by atoms with Crippen molar-refractivity contribution in [3.05, 3.63) is 22.8 Å². The lowest BCUT2D eigenvalue weighted by molar-refractivity contribution is 0.0696. The molecule has 16 heavy (non-hydrogen) atoms. The topological polar surface area (TPSA) is 62.2 Å². The zero-order valence-electron chi connectivity index (χ0n) is 8.96. The molecule has 86 valence electrons. The second-order valence-corrected chi connectivity index (χ2v) is 4.93. The van der Waals surface area contributed by atoms with Crippen molar-refractivity contribution in [2.45, 2.75) is 19.8 Å². The lowest BCUT2D eigenvalue weighted by Crippen LogP contribution is -2.13. The van der Waals surface area contributed by atoms with Gasteiger partial charge in [-0.25, -0.2) is 9.78 Å². The number of carboxylic acid groups (broad SMARTS) is 1. The highest BCUT2D eigenvalue weighted by Crippen LogP contribution is 2.44. The van der Waals surface area contributed by atoms with E-state index in [4.69, 9.17) is 16.7 Å². The molecule has 5 heteroatoms. The third-order valence-electron chi connectivity index (χ3n) is 2.87. The third-order valence-corrected chi connectivity index (χ3v) is 3.16. The molecular formula is C11H13ClN2O2. The molecule has 0 saturated heterocycles. The second kappa shape index (κ2) is 3.94. The van der Waals surface area contributed by atoms with E-state index in [1.165, 1.54) is 25.1 Å². The third kappa shape index (κ3) is 2.44. The molecule has 1 aromatic heterocycles. The van der Waals surface area contributed by atoms with Crippen LogP contribution < -0.4 is 5.32 Å². The Morgan fingerprint density at radius 1 is 1.69 bits per heavy atom. The number of aromatic carboxylic acids is 1. The number of anilines is 1. The molecule has 4 nitrogen and oxygen atoms in total. The predicted molar refractivity (Wildman–Crippen MR) is 62.0 cm³/mol. The van der Waals surface area contributed by atoms with Crippen LogP contribution in [0, 0.1) is 5.41 Å². The van der Waals surface area contributed by atoms with Gasteiger partial charge in [-0.05, 0) is 24.3 Å². The molecule has 0 bridgehead atoms. The summed E-state index contributed by atoms with van der Waals surface area (Å²) in [6.45, 7) is 3.02. The summed E-state index contributed by atoms with van der Waals surface area (Å²) < 4.78 is 0. The number of nitrogens with zero attached hydrogens (tertiary/aromatic N) is 1. The molecule has 1 saturated carbocycles. The van der Waals surface area contributed by atoms with Crippen molar-refractivity contribution in [2.24, 2.45) is 5.41 Å². The summed E-state index contributed by atoms with van der Waals surface area (Å²) in [7, 11) is 0. The minimum atomic E-state index is -1.02. The van der Waals surface area contributed by atoms with Crippen LogP contribution >= 0.6 is 11.6 Å². The molecule has 1 aromatic rings.